The second-order valence-corrected chi connectivity index (χ2v) is 7.81. The van der Waals surface area contributed by atoms with Gasteiger partial charge in [-0.15, -0.1) is 0 Å². The molecule has 2 saturated heterocycles. The van der Waals surface area contributed by atoms with Crippen molar-refractivity contribution in [2.75, 3.05) is 51.3 Å². The van der Waals surface area contributed by atoms with Crippen LogP contribution in [0.3, 0.4) is 0 Å². The fourth-order valence-electron chi connectivity index (χ4n) is 3.72. The van der Waals surface area contributed by atoms with Crippen LogP contribution in [0.4, 0.5) is 5.82 Å². The van der Waals surface area contributed by atoms with Crippen LogP contribution in [0.25, 0.3) is 0 Å². The number of pyridine rings is 1. The molecule has 7 heteroatoms. The van der Waals surface area contributed by atoms with Gasteiger partial charge in [-0.05, 0) is 32.8 Å². The van der Waals surface area contributed by atoms with Crippen LogP contribution in [-0.4, -0.2) is 79.2 Å². The van der Waals surface area contributed by atoms with Gasteiger partial charge in [0, 0.05) is 51.5 Å². The Hall–Kier alpha value is -1.37. The van der Waals surface area contributed by atoms with Crippen molar-refractivity contribution in [1.29, 1.82) is 0 Å². The van der Waals surface area contributed by atoms with Gasteiger partial charge in [0.05, 0.1) is 23.8 Å². The van der Waals surface area contributed by atoms with Crippen LogP contribution >= 0.6 is 11.6 Å². The third-order valence-corrected chi connectivity index (χ3v) is 5.76. The van der Waals surface area contributed by atoms with Gasteiger partial charge in [-0.2, -0.15) is 0 Å². The lowest BCUT2D eigenvalue weighted by Gasteiger charge is -2.39. The molecular formula is C19H29ClN4O2. The van der Waals surface area contributed by atoms with Crippen molar-refractivity contribution in [2.45, 2.75) is 38.8 Å². The van der Waals surface area contributed by atoms with E-state index in [2.05, 4.69) is 28.6 Å². The fraction of sp³-hybridized carbons (Fsp3) is 0.684. The molecule has 0 atom stereocenters. The van der Waals surface area contributed by atoms with Crippen molar-refractivity contribution in [3.05, 3.63) is 22.8 Å². The van der Waals surface area contributed by atoms with E-state index in [1.54, 1.807) is 17.2 Å². The second kappa shape index (κ2) is 8.55. The number of aromatic nitrogens is 1. The SMILES string of the molecule is CC(C)N1CCC(N(C)c2ncc(C(=O)N3CCOCC3)cc2Cl)CC1. The quantitative estimate of drug-likeness (QED) is 0.803. The number of morpholine rings is 1. The standard InChI is InChI=1S/C19H29ClN4O2/c1-14(2)23-6-4-16(5-7-23)22(3)18-17(20)12-15(13-21-18)19(25)24-8-10-26-11-9-24/h12-14,16H,4-11H2,1-3H3. The minimum absolute atomic E-state index is 0.0258. The molecule has 2 aliphatic rings. The van der Waals surface area contributed by atoms with E-state index in [4.69, 9.17) is 16.3 Å². The number of ether oxygens (including phenoxy) is 1. The average molecular weight is 381 g/mol. The van der Waals surface area contributed by atoms with Gasteiger partial charge in [-0.1, -0.05) is 11.6 Å². The zero-order chi connectivity index (χ0) is 18.7. The molecule has 2 fully saturated rings. The van der Waals surface area contributed by atoms with E-state index in [9.17, 15) is 4.79 Å². The summed E-state index contributed by atoms with van der Waals surface area (Å²) in [4.78, 5) is 23.6. The van der Waals surface area contributed by atoms with Gasteiger partial charge in [0.1, 0.15) is 5.82 Å². The third kappa shape index (κ3) is 4.30. The summed E-state index contributed by atoms with van der Waals surface area (Å²) in [5.41, 5.74) is 0.545. The molecule has 6 nitrogen and oxygen atoms in total. The van der Waals surface area contributed by atoms with Crippen LogP contribution in [0.1, 0.15) is 37.0 Å². The van der Waals surface area contributed by atoms with E-state index in [0.29, 0.717) is 49.0 Å². The maximum absolute atomic E-state index is 12.6. The van der Waals surface area contributed by atoms with Crippen LogP contribution in [0.5, 0.6) is 0 Å². The summed E-state index contributed by atoms with van der Waals surface area (Å²) in [5, 5.41) is 0.540. The van der Waals surface area contributed by atoms with Crippen LogP contribution in [0.15, 0.2) is 12.3 Å². The Balaban J connectivity index is 1.66. The Morgan fingerprint density at radius 3 is 2.50 bits per heavy atom. The highest BCUT2D eigenvalue weighted by Gasteiger charge is 2.26. The molecule has 144 valence electrons. The van der Waals surface area contributed by atoms with Crippen molar-refractivity contribution in [2.24, 2.45) is 0 Å². The van der Waals surface area contributed by atoms with Crippen LogP contribution < -0.4 is 4.90 Å². The lowest BCUT2D eigenvalue weighted by atomic mass is 10.0. The molecule has 0 aliphatic carbocycles. The number of anilines is 1. The average Bonchev–Trinajstić information content (AvgIpc) is 2.67. The third-order valence-electron chi connectivity index (χ3n) is 5.48. The van der Waals surface area contributed by atoms with E-state index < -0.39 is 0 Å². The normalized spacial score (nSPS) is 19.8. The highest BCUT2D eigenvalue weighted by Crippen LogP contribution is 2.28. The maximum atomic E-state index is 12.6. The predicted molar refractivity (Wildman–Crippen MR) is 104 cm³/mol. The number of halogens is 1. The van der Waals surface area contributed by atoms with Gasteiger partial charge < -0.3 is 19.4 Å². The predicted octanol–water partition coefficient (Wildman–Crippen LogP) is 2.52. The minimum Gasteiger partial charge on any atom is -0.378 e. The summed E-state index contributed by atoms with van der Waals surface area (Å²) in [5.74, 6) is 0.732. The van der Waals surface area contributed by atoms with Gasteiger partial charge in [-0.25, -0.2) is 4.98 Å². The van der Waals surface area contributed by atoms with Crippen molar-refractivity contribution < 1.29 is 9.53 Å². The highest BCUT2D eigenvalue weighted by molar-refractivity contribution is 6.33. The van der Waals surface area contributed by atoms with Gasteiger partial charge >= 0.3 is 0 Å². The van der Waals surface area contributed by atoms with Gasteiger partial charge in [-0.3, -0.25) is 4.79 Å². The monoisotopic (exact) mass is 380 g/mol. The first-order valence-electron chi connectivity index (χ1n) is 9.47. The largest absolute Gasteiger partial charge is 0.378 e. The molecule has 0 bridgehead atoms. The van der Waals surface area contributed by atoms with Crippen LogP contribution in [-0.2, 0) is 4.74 Å². The van der Waals surface area contributed by atoms with Crippen molar-refractivity contribution in [3.63, 3.8) is 0 Å². The van der Waals surface area contributed by atoms with Crippen LogP contribution in [0, 0.1) is 0 Å². The van der Waals surface area contributed by atoms with Crippen molar-refractivity contribution in [3.8, 4) is 0 Å². The second-order valence-electron chi connectivity index (χ2n) is 7.41. The molecule has 0 radical (unpaired) electrons. The molecule has 3 rings (SSSR count). The number of piperidine rings is 1. The molecule has 3 heterocycles. The van der Waals surface area contributed by atoms with Gasteiger partial charge in [0.25, 0.3) is 5.91 Å². The molecule has 1 amide bonds. The Bertz CT molecular complexity index is 626. The summed E-state index contributed by atoms with van der Waals surface area (Å²) in [6.07, 6.45) is 3.85. The lowest BCUT2D eigenvalue weighted by Crippen LogP contribution is -2.46. The zero-order valence-corrected chi connectivity index (χ0v) is 16.7. The first kappa shape index (κ1) is 19.4. The number of carbonyl (C=O) groups is 1. The Labute approximate surface area is 161 Å². The van der Waals surface area contributed by atoms with E-state index in [1.807, 2.05) is 7.05 Å². The number of likely N-dealkylation sites (tertiary alicyclic amines) is 1. The molecule has 26 heavy (non-hydrogen) atoms. The molecule has 0 aromatic carbocycles. The molecule has 0 N–H and O–H groups in total. The summed E-state index contributed by atoms with van der Waals surface area (Å²) in [7, 11) is 2.05. The van der Waals surface area contributed by atoms with Gasteiger partial charge in [0.15, 0.2) is 0 Å². The van der Waals surface area contributed by atoms with Gasteiger partial charge in [0.2, 0.25) is 0 Å². The molecule has 2 aliphatic heterocycles. The van der Waals surface area contributed by atoms with Crippen molar-refractivity contribution >= 4 is 23.3 Å². The highest BCUT2D eigenvalue weighted by atomic mass is 35.5. The number of nitrogens with zero attached hydrogens (tertiary/aromatic N) is 4. The molecule has 1 aromatic heterocycles. The van der Waals surface area contributed by atoms with E-state index in [0.717, 1.165) is 31.7 Å². The zero-order valence-electron chi connectivity index (χ0n) is 15.9. The summed E-state index contributed by atoms with van der Waals surface area (Å²) in [6, 6.07) is 2.77. The van der Waals surface area contributed by atoms with Crippen molar-refractivity contribution in [1.82, 2.24) is 14.8 Å². The molecule has 1 aromatic rings. The lowest BCUT2D eigenvalue weighted by molar-refractivity contribution is 0.0302. The first-order valence-corrected chi connectivity index (χ1v) is 9.84. The molecular weight excluding hydrogens is 352 g/mol. The van der Waals surface area contributed by atoms with E-state index in [1.165, 1.54) is 0 Å². The number of hydrogen-bond acceptors (Lipinski definition) is 5. The Morgan fingerprint density at radius 1 is 1.27 bits per heavy atom. The summed E-state index contributed by atoms with van der Waals surface area (Å²) in [6.45, 7) is 9.08. The van der Waals surface area contributed by atoms with E-state index in [-0.39, 0.29) is 5.91 Å². The smallest absolute Gasteiger partial charge is 0.255 e. The van der Waals surface area contributed by atoms with Crippen LogP contribution in [0.2, 0.25) is 5.02 Å². The van der Waals surface area contributed by atoms with E-state index >= 15 is 0 Å². The number of hydrogen-bond donors (Lipinski definition) is 0. The number of carbonyl (C=O) groups excluding carboxylic acids is 1. The summed E-state index contributed by atoms with van der Waals surface area (Å²) < 4.78 is 5.30. The Morgan fingerprint density at radius 2 is 1.92 bits per heavy atom. The molecule has 0 spiro atoms. The maximum Gasteiger partial charge on any atom is 0.255 e. The summed E-state index contributed by atoms with van der Waals surface area (Å²) >= 11 is 6.50. The number of amides is 1. The fourth-order valence-corrected chi connectivity index (χ4v) is 4.02. The molecule has 0 unspecified atom stereocenters. The topological polar surface area (TPSA) is 48.9 Å². The minimum atomic E-state index is -0.0258. The molecule has 0 saturated carbocycles. The Kier molecular flexibility index (Phi) is 6.37. The first-order chi connectivity index (χ1) is 12.5. The number of rotatable bonds is 4.